The molecule has 6 nitrogen and oxygen atoms in total. The minimum Gasteiger partial charge on any atom is -0.377 e. The fraction of sp³-hybridized carbons (Fsp3) is 0.571. The normalized spacial score (nSPS) is 17.9. The quantitative estimate of drug-likeness (QED) is 0.642. The fourth-order valence-corrected chi connectivity index (χ4v) is 4.63. The largest absolute Gasteiger partial charge is 0.377 e. The number of benzene rings is 1. The summed E-state index contributed by atoms with van der Waals surface area (Å²) in [5, 5.41) is 0.165. The van der Waals surface area contributed by atoms with E-state index in [0.717, 1.165) is 44.5 Å². The Balaban J connectivity index is 1.66. The second-order valence-corrected chi connectivity index (χ2v) is 9.64. The average Bonchev–Trinajstić information content (AvgIpc) is 3.06. The van der Waals surface area contributed by atoms with Crippen LogP contribution in [0.2, 0.25) is 0 Å². The maximum atomic E-state index is 12.2. The fourth-order valence-electron chi connectivity index (χ4n) is 3.78. The van der Waals surface area contributed by atoms with Crippen LogP contribution in [-0.2, 0) is 34.1 Å². The SMILES string of the molecule is CN(Cc1cnc(S(C)(=O)=O)n1CCCc1ccccc1)C[C@@H]1CCCCO1. The van der Waals surface area contributed by atoms with E-state index in [0.29, 0.717) is 13.1 Å². The molecule has 1 aliphatic heterocycles. The van der Waals surface area contributed by atoms with Crippen LogP contribution in [0.25, 0.3) is 0 Å². The van der Waals surface area contributed by atoms with E-state index in [4.69, 9.17) is 4.74 Å². The van der Waals surface area contributed by atoms with Gasteiger partial charge in [-0.05, 0) is 44.7 Å². The summed E-state index contributed by atoms with van der Waals surface area (Å²) in [6.45, 7) is 2.99. The van der Waals surface area contributed by atoms with Crippen molar-refractivity contribution >= 4 is 9.84 Å². The smallest absolute Gasteiger partial charge is 0.227 e. The van der Waals surface area contributed by atoms with E-state index >= 15 is 0 Å². The van der Waals surface area contributed by atoms with Crippen LogP contribution in [0.4, 0.5) is 0 Å². The molecule has 0 spiro atoms. The number of aryl methyl sites for hydroxylation is 1. The maximum Gasteiger partial charge on any atom is 0.227 e. The van der Waals surface area contributed by atoms with E-state index in [9.17, 15) is 8.42 Å². The molecule has 1 aliphatic rings. The molecule has 0 bridgehead atoms. The van der Waals surface area contributed by atoms with Crippen molar-refractivity contribution in [3.8, 4) is 0 Å². The number of hydrogen-bond acceptors (Lipinski definition) is 5. The molecule has 0 aliphatic carbocycles. The van der Waals surface area contributed by atoms with E-state index in [-0.39, 0.29) is 11.3 Å². The number of hydrogen-bond donors (Lipinski definition) is 0. The van der Waals surface area contributed by atoms with E-state index < -0.39 is 9.84 Å². The van der Waals surface area contributed by atoms with E-state index in [1.54, 1.807) is 6.20 Å². The van der Waals surface area contributed by atoms with Gasteiger partial charge in [0.25, 0.3) is 0 Å². The zero-order chi connectivity index (χ0) is 20.0. The van der Waals surface area contributed by atoms with Crippen LogP contribution in [0.1, 0.15) is 36.9 Å². The molecule has 0 saturated carbocycles. The molecule has 1 aromatic carbocycles. The Kier molecular flexibility index (Phi) is 7.26. The molecule has 0 N–H and O–H groups in total. The van der Waals surface area contributed by atoms with Gasteiger partial charge in [0.2, 0.25) is 15.0 Å². The van der Waals surface area contributed by atoms with Crippen molar-refractivity contribution in [1.82, 2.24) is 14.5 Å². The molecule has 1 atom stereocenters. The summed E-state index contributed by atoms with van der Waals surface area (Å²) in [4.78, 5) is 6.43. The van der Waals surface area contributed by atoms with Gasteiger partial charge in [0.15, 0.2) is 0 Å². The number of aromatic nitrogens is 2. The third kappa shape index (κ3) is 5.90. The first-order valence-electron chi connectivity index (χ1n) is 10.0. The Hall–Kier alpha value is -1.70. The molecule has 0 unspecified atom stereocenters. The molecule has 154 valence electrons. The minimum atomic E-state index is -3.36. The van der Waals surface area contributed by atoms with Crippen LogP contribution < -0.4 is 0 Å². The molecule has 1 aromatic heterocycles. The van der Waals surface area contributed by atoms with Gasteiger partial charge >= 0.3 is 0 Å². The Morgan fingerprint density at radius 1 is 1.25 bits per heavy atom. The standard InChI is InChI=1S/C21H31N3O3S/c1-23(17-20-12-6-7-14-27-20)16-19-15-22-21(28(2,25)26)24(19)13-8-11-18-9-4-3-5-10-18/h3-5,9-10,15,20H,6-8,11-14,16-17H2,1-2H3/t20-/m0/s1. The highest BCUT2D eigenvalue weighted by Gasteiger charge is 2.21. The highest BCUT2D eigenvalue weighted by molar-refractivity contribution is 7.90. The number of ether oxygens (including phenoxy) is 1. The lowest BCUT2D eigenvalue weighted by molar-refractivity contribution is -0.00291. The summed E-state index contributed by atoms with van der Waals surface area (Å²) >= 11 is 0. The van der Waals surface area contributed by atoms with Gasteiger partial charge in [0, 0.05) is 32.5 Å². The third-order valence-electron chi connectivity index (χ3n) is 5.14. The monoisotopic (exact) mass is 405 g/mol. The first kappa shape index (κ1) is 21.0. The summed E-state index contributed by atoms with van der Waals surface area (Å²) < 4.78 is 32.1. The van der Waals surface area contributed by atoms with Crippen LogP contribution >= 0.6 is 0 Å². The van der Waals surface area contributed by atoms with Crippen LogP contribution in [-0.4, -0.2) is 55.4 Å². The molecular weight excluding hydrogens is 374 g/mol. The predicted octanol–water partition coefficient (Wildman–Crippen LogP) is 2.92. The predicted molar refractivity (Wildman–Crippen MR) is 110 cm³/mol. The van der Waals surface area contributed by atoms with Crippen molar-refractivity contribution in [2.24, 2.45) is 0 Å². The molecule has 0 amide bonds. The zero-order valence-corrected chi connectivity index (χ0v) is 17.7. The Morgan fingerprint density at radius 2 is 2.04 bits per heavy atom. The molecule has 1 saturated heterocycles. The van der Waals surface area contributed by atoms with Gasteiger partial charge in [-0.2, -0.15) is 0 Å². The van der Waals surface area contributed by atoms with Gasteiger partial charge in [0.05, 0.1) is 18.0 Å². The van der Waals surface area contributed by atoms with Crippen molar-refractivity contribution < 1.29 is 13.2 Å². The number of likely N-dealkylation sites (N-methyl/N-ethyl adjacent to an activating group) is 1. The molecule has 2 heterocycles. The van der Waals surface area contributed by atoms with Crippen molar-refractivity contribution in [2.75, 3.05) is 26.5 Å². The van der Waals surface area contributed by atoms with Crippen LogP contribution in [0, 0.1) is 0 Å². The molecule has 7 heteroatoms. The Morgan fingerprint density at radius 3 is 2.71 bits per heavy atom. The van der Waals surface area contributed by atoms with Crippen molar-refractivity contribution in [1.29, 1.82) is 0 Å². The first-order valence-corrected chi connectivity index (χ1v) is 11.9. The van der Waals surface area contributed by atoms with Crippen molar-refractivity contribution in [3.63, 3.8) is 0 Å². The van der Waals surface area contributed by atoms with Gasteiger partial charge in [-0.25, -0.2) is 13.4 Å². The minimum absolute atomic E-state index is 0.165. The van der Waals surface area contributed by atoms with Crippen molar-refractivity contribution in [3.05, 3.63) is 47.8 Å². The lowest BCUT2D eigenvalue weighted by atomic mass is 10.1. The van der Waals surface area contributed by atoms with Crippen molar-refractivity contribution in [2.45, 2.75) is 56.5 Å². The van der Waals surface area contributed by atoms with Gasteiger partial charge in [-0.3, -0.25) is 4.90 Å². The third-order valence-corrected chi connectivity index (χ3v) is 6.13. The van der Waals surface area contributed by atoms with E-state index in [1.807, 2.05) is 22.8 Å². The maximum absolute atomic E-state index is 12.2. The van der Waals surface area contributed by atoms with E-state index in [2.05, 4.69) is 29.1 Å². The number of imidazole rings is 1. The van der Waals surface area contributed by atoms with Crippen LogP contribution in [0.3, 0.4) is 0 Å². The highest BCUT2D eigenvalue weighted by Crippen LogP contribution is 2.17. The number of sulfone groups is 1. The molecule has 3 rings (SSSR count). The topological polar surface area (TPSA) is 64.4 Å². The van der Waals surface area contributed by atoms with Crippen LogP contribution in [0.5, 0.6) is 0 Å². The average molecular weight is 406 g/mol. The van der Waals surface area contributed by atoms with Gasteiger partial charge < -0.3 is 9.30 Å². The summed E-state index contributed by atoms with van der Waals surface area (Å²) in [5.74, 6) is 0. The summed E-state index contributed by atoms with van der Waals surface area (Å²) in [6, 6.07) is 10.3. The molecule has 0 radical (unpaired) electrons. The highest BCUT2D eigenvalue weighted by atomic mass is 32.2. The Bertz CT molecular complexity index is 843. The van der Waals surface area contributed by atoms with Gasteiger partial charge in [0.1, 0.15) is 0 Å². The van der Waals surface area contributed by atoms with Gasteiger partial charge in [-0.1, -0.05) is 30.3 Å². The summed E-state index contributed by atoms with van der Waals surface area (Å²) in [6.07, 6.45) is 8.43. The molecular formula is C21H31N3O3S. The lowest BCUT2D eigenvalue weighted by Gasteiger charge is -2.27. The lowest BCUT2D eigenvalue weighted by Crippen LogP contribution is -2.33. The first-order chi connectivity index (χ1) is 13.4. The molecule has 28 heavy (non-hydrogen) atoms. The molecule has 2 aromatic rings. The number of rotatable bonds is 9. The zero-order valence-electron chi connectivity index (χ0n) is 16.9. The second-order valence-electron chi connectivity index (χ2n) is 7.73. The number of nitrogens with zero attached hydrogens (tertiary/aromatic N) is 3. The van der Waals surface area contributed by atoms with Gasteiger partial charge in [-0.15, -0.1) is 0 Å². The second kappa shape index (κ2) is 9.67. The summed E-state index contributed by atoms with van der Waals surface area (Å²) in [7, 11) is -1.31. The summed E-state index contributed by atoms with van der Waals surface area (Å²) in [5.41, 5.74) is 2.20. The molecule has 1 fully saturated rings. The van der Waals surface area contributed by atoms with E-state index in [1.165, 1.54) is 18.2 Å². The van der Waals surface area contributed by atoms with Crippen LogP contribution in [0.15, 0.2) is 41.7 Å². The Labute approximate surface area is 168 Å².